The molecule has 0 radical (unpaired) electrons. The molecule has 3 N–H and O–H groups in total. The van der Waals surface area contributed by atoms with Crippen molar-refractivity contribution in [1.29, 1.82) is 0 Å². The van der Waals surface area contributed by atoms with Gasteiger partial charge in [-0.3, -0.25) is 4.79 Å². The summed E-state index contributed by atoms with van der Waals surface area (Å²) in [5, 5.41) is 5.40. The highest BCUT2D eigenvalue weighted by atomic mass is 35.5. The van der Waals surface area contributed by atoms with Crippen LogP contribution in [0.3, 0.4) is 0 Å². The van der Waals surface area contributed by atoms with Gasteiger partial charge in [-0.1, -0.05) is 6.07 Å². The fraction of sp³-hybridized carbons (Fsp3) is 0.333. The molecule has 8 heteroatoms. The fourth-order valence-corrected chi connectivity index (χ4v) is 3.11. The first-order valence-corrected chi connectivity index (χ1v) is 7.95. The SMILES string of the molecule is Cl.Cl.NCc1nc(C(=O)Nc2cccc(N3CCCC3)c2)cs1. The predicted molar refractivity (Wildman–Crippen MR) is 100 cm³/mol. The lowest BCUT2D eigenvalue weighted by atomic mass is 10.2. The molecule has 1 aliphatic rings. The van der Waals surface area contributed by atoms with Crippen LogP contribution < -0.4 is 16.0 Å². The van der Waals surface area contributed by atoms with Crippen molar-refractivity contribution < 1.29 is 4.79 Å². The Morgan fingerprint density at radius 2 is 2.04 bits per heavy atom. The van der Waals surface area contributed by atoms with Gasteiger partial charge in [0.1, 0.15) is 10.7 Å². The molecule has 0 bridgehead atoms. The maximum Gasteiger partial charge on any atom is 0.275 e. The van der Waals surface area contributed by atoms with Gasteiger partial charge < -0.3 is 16.0 Å². The van der Waals surface area contributed by atoms with E-state index in [4.69, 9.17) is 5.73 Å². The largest absolute Gasteiger partial charge is 0.371 e. The van der Waals surface area contributed by atoms with Gasteiger partial charge in [-0.25, -0.2) is 4.98 Å². The van der Waals surface area contributed by atoms with E-state index in [9.17, 15) is 4.79 Å². The second kappa shape index (κ2) is 9.08. The number of halogens is 2. The number of aromatic nitrogens is 1. The minimum absolute atomic E-state index is 0. The summed E-state index contributed by atoms with van der Waals surface area (Å²) in [5.41, 5.74) is 7.90. The number of thiazole rings is 1. The normalized spacial score (nSPS) is 13.2. The molecule has 1 aliphatic heterocycles. The Balaban J connectivity index is 0.00000132. The molecule has 0 saturated carbocycles. The summed E-state index contributed by atoms with van der Waals surface area (Å²) < 4.78 is 0. The van der Waals surface area contributed by atoms with E-state index in [1.54, 1.807) is 5.38 Å². The first kappa shape index (κ1) is 19.7. The van der Waals surface area contributed by atoms with Gasteiger partial charge in [0.25, 0.3) is 5.91 Å². The van der Waals surface area contributed by atoms with Gasteiger partial charge in [0.15, 0.2) is 0 Å². The molecule has 1 fully saturated rings. The minimum Gasteiger partial charge on any atom is -0.371 e. The molecule has 1 aromatic heterocycles. The van der Waals surface area contributed by atoms with E-state index in [1.165, 1.54) is 24.2 Å². The van der Waals surface area contributed by atoms with Gasteiger partial charge in [-0.2, -0.15) is 0 Å². The molecule has 0 atom stereocenters. The zero-order chi connectivity index (χ0) is 14.7. The Hall–Kier alpha value is -1.34. The average molecular weight is 375 g/mol. The molecule has 0 aliphatic carbocycles. The quantitative estimate of drug-likeness (QED) is 0.860. The smallest absolute Gasteiger partial charge is 0.275 e. The highest BCUT2D eigenvalue weighted by Crippen LogP contribution is 2.23. The standard InChI is InChI=1S/C15H18N4OS.2ClH/c16-9-14-18-13(10-21-14)15(20)17-11-4-3-5-12(8-11)19-6-1-2-7-19;;/h3-5,8,10H,1-2,6-7,9,16H2,(H,17,20);2*1H. The van der Waals surface area contributed by atoms with E-state index in [0.717, 1.165) is 29.5 Å². The molecule has 1 saturated heterocycles. The predicted octanol–water partition coefficient (Wildman–Crippen LogP) is 3.30. The van der Waals surface area contributed by atoms with Crippen molar-refractivity contribution in [3.8, 4) is 0 Å². The van der Waals surface area contributed by atoms with Crippen molar-refractivity contribution in [3.63, 3.8) is 0 Å². The minimum atomic E-state index is -0.190. The lowest BCUT2D eigenvalue weighted by molar-refractivity contribution is 0.102. The number of carbonyl (C=O) groups excluding carboxylic acids is 1. The van der Waals surface area contributed by atoms with Gasteiger partial charge in [0, 0.05) is 36.4 Å². The second-order valence-electron chi connectivity index (χ2n) is 5.03. The van der Waals surface area contributed by atoms with Gasteiger partial charge in [-0.15, -0.1) is 36.2 Å². The summed E-state index contributed by atoms with van der Waals surface area (Å²) in [6.45, 7) is 2.54. The number of nitrogens with two attached hydrogens (primary N) is 1. The van der Waals surface area contributed by atoms with Crippen molar-refractivity contribution in [1.82, 2.24) is 4.98 Å². The molecule has 3 rings (SSSR count). The summed E-state index contributed by atoms with van der Waals surface area (Å²) in [5.74, 6) is -0.190. The summed E-state index contributed by atoms with van der Waals surface area (Å²) in [4.78, 5) is 18.7. The molecule has 0 spiro atoms. The van der Waals surface area contributed by atoms with Crippen LogP contribution in [-0.4, -0.2) is 24.0 Å². The highest BCUT2D eigenvalue weighted by molar-refractivity contribution is 7.09. The van der Waals surface area contributed by atoms with Crippen LogP contribution in [0.2, 0.25) is 0 Å². The third-order valence-corrected chi connectivity index (χ3v) is 4.41. The maximum atomic E-state index is 12.2. The Bertz CT molecular complexity index is 644. The van der Waals surface area contributed by atoms with E-state index < -0.39 is 0 Å². The lowest BCUT2D eigenvalue weighted by Crippen LogP contribution is -2.18. The van der Waals surface area contributed by atoms with Crippen molar-refractivity contribution >= 4 is 53.4 Å². The van der Waals surface area contributed by atoms with E-state index in [0.29, 0.717) is 12.2 Å². The van der Waals surface area contributed by atoms with Crippen molar-refractivity contribution in [3.05, 3.63) is 40.3 Å². The lowest BCUT2D eigenvalue weighted by Gasteiger charge is -2.18. The van der Waals surface area contributed by atoms with Crippen molar-refractivity contribution in [2.24, 2.45) is 5.73 Å². The van der Waals surface area contributed by atoms with Crippen LogP contribution >= 0.6 is 36.2 Å². The number of amides is 1. The molecule has 1 amide bonds. The fourth-order valence-electron chi connectivity index (χ4n) is 2.46. The molecule has 2 heterocycles. The van der Waals surface area contributed by atoms with Crippen LogP contribution in [0.15, 0.2) is 29.6 Å². The molecular weight excluding hydrogens is 355 g/mol. The Morgan fingerprint density at radius 3 is 2.70 bits per heavy atom. The number of nitrogens with zero attached hydrogens (tertiary/aromatic N) is 2. The zero-order valence-electron chi connectivity index (χ0n) is 12.5. The molecular formula is C15H20Cl2N4OS. The Kier molecular flexibility index (Phi) is 7.78. The number of anilines is 2. The highest BCUT2D eigenvalue weighted by Gasteiger charge is 2.14. The van der Waals surface area contributed by atoms with Gasteiger partial charge in [0.05, 0.1) is 0 Å². The van der Waals surface area contributed by atoms with Crippen LogP contribution in [-0.2, 0) is 6.54 Å². The molecule has 23 heavy (non-hydrogen) atoms. The van der Waals surface area contributed by atoms with Crippen LogP contribution in [0.4, 0.5) is 11.4 Å². The zero-order valence-corrected chi connectivity index (χ0v) is 15.0. The number of nitrogens with one attached hydrogen (secondary N) is 1. The second-order valence-corrected chi connectivity index (χ2v) is 5.97. The number of carbonyl (C=O) groups is 1. The molecule has 2 aromatic rings. The first-order chi connectivity index (χ1) is 10.3. The topological polar surface area (TPSA) is 71.2 Å². The average Bonchev–Trinajstić information content (AvgIpc) is 3.19. The Labute approximate surface area is 152 Å². The monoisotopic (exact) mass is 374 g/mol. The van der Waals surface area contributed by atoms with Gasteiger partial charge in [-0.05, 0) is 31.0 Å². The first-order valence-electron chi connectivity index (χ1n) is 7.07. The third kappa shape index (κ3) is 4.81. The number of hydrogen-bond acceptors (Lipinski definition) is 5. The van der Waals surface area contributed by atoms with Gasteiger partial charge >= 0.3 is 0 Å². The maximum absolute atomic E-state index is 12.2. The molecule has 126 valence electrons. The van der Waals surface area contributed by atoms with Crippen LogP contribution in [0.1, 0.15) is 28.3 Å². The van der Waals surface area contributed by atoms with E-state index in [2.05, 4.69) is 21.3 Å². The summed E-state index contributed by atoms with van der Waals surface area (Å²) in [6, 6.07) is 7.96. The van der Waals surface area contributed by atoms with E-state index in [-0.39, 0.29) is 30.7 Å². The van der Waals surface area contributed by atoms with Crippen molar-refractivity contribution in [2.45, 2.75) is 19.4 Å². The molecule has 5 nitrogen and oxygen atoms in total. The van der Waals surface area contributed by atoms with Crippen LogP contribution in [0.5, 0.6) is 0 Å². The molecule has 0 unspecified atom stereocenters. The van der Waals surface area contributed by atoms with Crippen molar-refractivity contribution in [2.75, 3.05) is 23.3 Å². The Morgan fingerprint density at radius 1 is 1.30 bits per heavy atom. The van der Waals surface area contributed by atoms with Crippen LogP contribution in [0, 0.1) is 0 Å². The number of hydrogen-bond donors (Lipinski definition) is 2. The summed E-state index contributed by atoms with van der Waals surface area (Å²) in [6.07, 6.45) is 2.47. The molecule has 1 aromatic carbocycles. The van der Waals surface area contributed by atoms with Crippen LogP contribution in [0.25, 0.3) is 0 Å². The van der Waals surface area contributed by atoms with E-state index >= 15 is 0 Å². The third-order valence-electron chi connectivity index (χ3n) is 3.53. The summed E-state index contributed by atoms with van der Waals surface area (Å²) >= 11 is 1.41. The summed E-state index contributed by atoms with van der Waals surface area (Å²) in [7, 11) is 0. The van der Waals surface area contributed by atoms with E-state index in [1.807, 2.05) is 18.2 Å². The number of benzene rings is 1. The van der Waals surface area contributed by atoms with Gasteiger partial charge in [0.2, 0.25) is 0 Å². The number of rotatable bonds is 4.